The SMILES string of the molecule is C[N+](C)(C)CCOC(=O)c1ccccc1O.O=S(=O)([O-])S(=O)(=O)[O-].[Li+]. The standard InChI is InChI=1S/C12H17NO3.Li.H2O6S2/c1-13(2,3)8-9-16-12(15)10-6-4-5-7-11(10)14;;1-7(2,3)8(4,5)6/h4-7H,8-9H2,1-3H3;;(H,1,2,3)(H,4,5,6)/q;+1;/p-1. The Morgan fingerprint density at radius 3 is 1.88 bits per heavy atom. The van der Waals surface area contributed by atoms with Crippen molar-refractivity contribution in [3.63, 3.8) is 0 Å². The number of aromatic hydroxyl groups is 1. The Morgan fingerprint density at radius 2 is 1.52 bits per heavy atom. The summed E-state index contributed by atoms with van der Waals surface area (Å²) in [4.78, 5) is 11.6. The quantitative estimate of drug-likeness (QED) is 0.175. The van der Waals surface area contributed by atoms with Gasteiger partial charge in [0.2, 0.25) is 0 Å². The number of benzene rings is 1. The minimum atomic E-state index is -5.67. The molecule has 1 rings (SSSR count). The number of rotatable bonds is 5. The molecule has 0 aromatic heterocycles. The van der Waals surface area contributed by atoms with E-state index in [-0.39, 0.29) is 30.2 Å². The van der Waals surface area contributed by atoms with Crippen LogP contribution in [0.1, 0.15) is 10.4 Å². The zero-order valence-electron chi connectivity index (χ0n) is 14.2. The van der Waals surface area contributed by atoms with Crippen molar-refractivity contribution in [2.45, 2.75) is 0 Å². The van der Waals surface area contributed by atoms with Crippen LogP contribution in [0.4, 0.5) is 0 Å². The largest absolute Gasteiger partial charge is 1.00 e. The van der Waals surface area contributed by atoms with E-state index >= 15 is 0 Å². The maximum atomic E-state index is 11.6. The van der Waals surface area contributed by atoms with E-state index in [2.05, 4.69) is 0 Å². The predicted molar refractivity (Wildman–Crippen MR) is 80.7 cm³/mol. The van der Waals surface area contributed by atoms with Crippen molar-refractivity contribution in [3.05, 3.63) is 29.8 Å². The molecule has 0 atom stereocenters. The van der Waals surface area contributed by atoms with E-state index < -0.39 is 24.3 Å². The van der Waals surface area contributed by atoms with Crippen LogP contribution >= 0.6 is 0 Å². The number of nitrogens with zero attached hydrogens (tertiary/aromatic N) is 1. The van der Waals surface area contributed by atoms with Gasteiger partial charge in [-0.3, -0.25) is 0 Å². The summed E-state index contributed by atoms with van der Waals surface area (Å²) in [5.41, 5.74) is 0.212. The van der Waals surface area contributed by atoms with Gasteiger partial charge in [-0.2, -0.15) is 0 Å². The van der Waals surface area contributed by atoms with Gasteiger partial charge in [0.15, 0.2) is 18.3 Å². The zero-order chi connectivity index (χ0) is 19.2. The van der Waals surface area contributed by atoms with Crippen molar-refractivity contribution in [1.29, 1.82) is 0 Å². The zero-order valence-corrected chi connectivity index (χ0v) is 15.8. The molecule has 0 spiro atoms. The molecule has 0 heterocycles. The maximum absolute atomic E-state index is 11.6. The van der Waals surface area contributed by atoms with Crippen LogP contribution in [0, 0.1) is 0 Å². The van der Waals surface area contributed by atoms with Crippen LogP contribution in [0.15, 0.2) is 24.3 Å². The molecule has 0 amide bonds. The number of phenolic OH excluding ortho intramolecular Hbond substituents is 1. The van der Waals surface area contributed by atoms with Crippen molar-refractivity contribution >= 4 is 24.3 Å². The molecule has 1 aromatic carbocycles. The third kappa shape index (κ3) is 11.2. The van der Waals surface area contributed by atoms with E-state index in [0.29, 0.717) is 6.61 Å². The number of quaternary nitrogens is 1. The third-order valence-corrected chi connectivity index (χ3v) is 4.37. The molecule has 0 saturated carbocycles. The van der Waals surface area contributed by atoms with Gasteiger partial charge in [-0.1, -0.05) is 12.1 Å². The molecule has 0 bridgehead atoms. The van der Waals surface area contributed by atoms with Crippen molar-refractivity contribution in [1.82, 2.24) is 0 Å². The van der Waals surface area contributed by atoms with Crippen molar-refractivity contribution in [2.24, 2.45) is 0 Å². The molecule has 10 nitrogen and oxygen atoms in total. The first kappa shape index (κ1) is 26.1. The average Bonchev–Trinajstić information content (AvgIpc) is 2.35. The number of ether oxygens (including phenoxy) is 1. The normalized spacial score (nSPS) is 11.6. The molecule has 0 aliphatic rings. The van der Waals surface area contributed by atoms with Gasteiger partial charge in [-0.25, -0.2) is 21.6 Å². The second kappa shape index (κ2) is 10.1. The van der Waals surface area contributed by atoms with Crippen molar-refractivity contribution < 1.29 is 63.9 Å². The Morgan fingerprint density at radius 1 is 1.08 bits per heavy atom. The number of para-hydroxylation sites is 1. The molecule has 0 aliphatic heterocycles. The molecular weight excluding hydrogens is 373 g/mol. The van der Waals surface area contributed by atoms with E-state index in [1.165, 1.54) is 6.07 Å². The fourth-order valence-corrected chi connectivity index (χ4v) is 1.14. The topological polar surface area (TPSA) is 161 Å². The maximum Gasteiger partial charge on any atom is 1.00 e. The van der Waals surface area contributed by atoms with Crippen molar-refractivity contribution in [3.8, 4) is 5.75 Å². The van der Waals surface area contributed by atoms with E-state index in [9.17, 15) is 35.8 Å². The number of carbonyl (C=O) groups is 1. The van der Waals surface area contributed by atoms with Gasteiger partial charge in [0.1, 0.15) is 24.5 Å². The minimum absolute atomic E-state index is 0. The Hall–Kier alpha value is -1.13. The van der Waals surface area contributed by atoms with Gasteiger partial charge in [0.05, 0.1) is 21.1 Å². The van der Waals surface area contributed by atoms with E-state index in [4.69, 9.17) is 4.74 Å². The minimum Gasteiger partial charge on any atom is -0.736 e. The molecule has 0 fully saturated rings. The number of likely N-dealkylation sites (N-methyl/N-ethyl adjacent to an activating group) is 1. The molecule has 13 heteroatoms. The number of carbonyl (C=O) groups excluding carboxylic acids is 1. The summed E-state index contributed by atoms with van der Waals surface area (Å²) in [7, 11) is -5.28. The number of esters is 1. The number of hydrogen-bond acceptors (Lipinski definition) is 9. The first-order valence-electron chi connectivity index (χ1n) is 6.32. The van der Waals surface area contributed by atoms with Crippen LogP contribution in [0.2, 0.25) is 0 Å². The van der Waals surface area contributed by atoms with Gasteiger partial charge in [0, 0.05) is 0 Å². The fourth-order valence-electron chi connectivity index (χ4n) is 1.14. The Kier molecular flexibility index (Phi) is 10.6. The van der Waals surface area contributed by atoms with Gasteiger partial charge in [0.25, 0.3) is 0 Å². The molecule has 1 aromatic rings. The monoisotopic (exact) mass is 391 g/mol. The first-order chi connectivity index (χ1) is 10.6. The van der Waals surface area contributed by atoms with Crippen LogP contribution in [-0.2, 0) is 23.0 Å². The first-order valence-corrected chi connectivity index (χ1v) is 9.66. The second-order valence-corrected chi connectivity index (χ2v) is 9.57. The summed E-state index contributed by atoms with van der Waals surface area (Å²) in [6, 6.07) is 6.37. The number of hydrogen-bond donors (Lipinski definition) is 1. The van der Waals surface area contributed by atoms with Crippen LogP contribution in [0.5, 0.6) is 5.75 Å². The van der Waals surface area contributed by atoms with Gasteiger partial charge in [-0.15, -0.1) is 0 Å². The van der Waals surface area contributed by atoms with E-state index in [0.717, 1.165) is 11.0 Å². The van der Waals surface area contributed by atoms with Crippen LogP contribution < -0.4 is 18.9 Å². The summed E-state index contributed by atoms with van der Waals surface area (Å²) in [6.07, 6.45) is 0. The van der Waals surface area contributed by atoms with E-state index in [1.54, 1.807) is 18.2 Å². The molecule has 0 aliphatic carbocycles. The molecule has 1 N–H and O–H groups in total. The summed E-state index contributed by atoms with van der Waals surface area (Å²) in [6.45, 7) is 1.08. The van der Waals surface area contributed by atoms with Crippen LogP contribution in [0.25, 0.3) is 0 Å². The van der Waals surface area contributed by atoms with Gasteiger partial charge < -0.3 is 23.4 Å². The number of phenols is 1. The van der Waals surface area contributed by atoms with Gasteiger partial charge in [-0.05, 0) is 12.1 Å². The average molecular weight is 391 g/mol. The molecule has 138 valence electrons. The van der Waals surface area contributed by atoms with Gasteiger partial charge >= 0.3 is 24.8 Å². The van der Waals surface area contributed by atoms with Crippen molar-refractivity contribution in [2.75, 3.05) is 34.3 Å². The molecule has 0 unspecified atom stereocenters. The molecular formula is C12H18LiNO9S2. The summed E-state index contributed by atoms with van der Waals surface area (Å²) < 4.78 is 61.0. The predicted octanol–water partition coefficient (Wildman–Crippen LogP) is -3.75. The van der Waals surface area contributed by atoms with Crippen LogP contribution in [0.3, 0.4) is 0 Å². The summed E-state index contributed by atoms with van der Waals surface area (Å²) in [5, 5.41) is 9.44. The molecule has 25 heavy (non-hydrogen) atoms. The molecule has 0 saturated heterocycles. The smallest absolute Gasteiger partial charge is 0.736 e. The summed E-state index contributed by atoms with van der Waals surface area (Å²) in [5.74, 6) is -0.524. The van der Waals surface area contributed by atoms with E-state index in [1.807, 2.05) is 21.1 Å². The molecule has 0 radical (unpaired) electrons. The third-order valence-electron chi connectivity index (χ3n) is 2.37. The van der Waals surface area contributed by atoms with Crippen LogP contribution in [-0.4, -0.2) is 75.8 Å². The Balaban J connectivity index is 0. The fraction of sp³-hybridized carbons (Fsp3) is 0.417. The second-order valence-electron chi connectivity index (χ2n) is 5.48. The Labute approximate surface area is 158 Å². The Bertz CT molecular complexity index is 740. The summed E-state index contributed by atoms with van der Waals surface area (Å²) >= 11 is 0.